The number of hydrazone groups is 1. The number of nitrogens with zero attached hydrogens (tertiary/aromatic N) is 2. The van der Waals surface area contributed by atoms with Crippen molar-refractivity contribution in [1.29, 1.82) is 0 Å². The van der Waals surface area contributed by atoms with Crippen molar-refractivity contribution < 1.29 is 0 Å². The largest absolute Gasteiger partial charge is 0.331 e. The van der Waals surface area contributed by atoms with Crippen molar-refractivity contribution in [3.8, 4) is 0 Å². The lowest BCUT2D eigenvalue weighted by Crippen LogP contribution is -2.25. The first-order valence-corrected chi connectivity index (χ1v) is 6.65. The monoisotopic (exact) mass is 284 g/mol. The first-order valence-electron chi connectivity index (χ1n) is 6.24. The predicted octanol–water partition coefficient (Wildman–Crippen LogP) is 3.10. The molecule has 0 radical (unpaired) electrons. The molecule has 20 heavy (non-hydrogen) atoms. The minimum atomic E-state index is 0.448. The average molecular weight is 284 g/mol. The number of anilines is 1. The third kappa shape index (κ3) is 4.13. The van der Waals surface area contributed by atoms with E-state index in [4.69, 9.17) is 12.2 Å². The first-order chi connectivity index (χ1) is 9.65. The van der Waals surface area contributed by atoms with Crippen LogP contribution >= 0.6 is 12.2 Å². The highest BCUT2D eigenvalue weighted by molar-refractivity contribution is 7.80. The van der Waals surface area contributed by atoms with E-state index >= 15 is 0 Å². The van der Waals surface area contributed by atoms with Gasteiger partial charge in [0.25, 0.3) is 0 Å². The van der Waals surface area contributed by atoms with Gasteiger partial charge in [-0.3, -0.25) is 10.4 Å². The molecule has 0 aliphatic carbocycles. The third-order valence-electron chi connectivity index (χ3n) is 2.67. The molecular formula is C15H16N4S. The lowest BCUT2D eigenvalue weighted by Gasteiger charge is -2.08. The Bertz CT molecular complexity index is 606. The van der Waals surface area contributed by atoms with E-state index in [1.54, 1.807) is 6.20 Å². The van der Waals surface area contributed by atoms with Gasteiger partial charge in [0, 0.05) is 11.9 Å². The Labute approximate surface area is 123 Å². The van der Waals surface area contributed by atoms with Gasteiger partial charge in [-0.05, 0) is 50.3 Å². The zero-order chi connectivity index (χ0) is 14.4. The summed E-state index contributed by atoms with van der Waals surface area (Å²) in [7, 11) is 0. The molecule has 0 unspecified atom stereocenters. The minimum Gasteiger partial charge on any atom is -0.331 e. The van der Waals surface area contributed by atoms with Gasteiger partial charge in [-0.15, -0.1) is 0 Å². The second-order valence-electron chi connectivity index (χ2n) is 4.34. The molecule has 0 bridgehead atoms. The Kier molecular flexibility index (Phi) is 4.79. The maximum atomic E-state index is 5.19. The highest BCUT2D eigenvalue weighted by Gasteiger charge is 1.99. The smallest absolute Gasteiger partial charge is 0.191 e. The minimum absolute atomic E-state index is 0.448. The molecule has 5 heteroatoms. The molecule has 1 aromatic carbocycles. The van der Waals surface area contributed by atoms with Crippen LogP contribution in [0.15, 0.2) is 53.8 Å². The van der Waals surface area contributed by atoms with E-state index in [9.17, 15) is 0 Å². The number of pyridine rings is 1. The molecule has 2 aromatic rings. The molecular weight excluding hydrogens is 268 g/mol. The zero-order valence-corrected chi connectivity index (χ0v) is 12.2. The molecule has 0 fully saturated rings. The number of benzene rings is 1. The summed E-state index contributed by atoms with van der Waals surface area (Å²) in [5, 5.41) is 7.73. The van der Waals surface area contributed by atoms with Gasteiger partial charge in [-0.25, -0.2) is 0 Å². The molecule has 0 amide bonds. The van der Waals surface area contributed by atoms with Crippen LogP contribution in [0.25, 0.3) is 0 Å². The van der Waals surface area contributed by atoms with Crippen LogP contribution in [-0.2, 0) is 0 Å². The second kappa shape index (κ2) is 6.77. The van der Waals surface area contributed by atoms with Crippen LogP contribution in [0.4, 0.5) is 5.69 Å². The molecule has 0 spiro atoms. The lowest BCUT2D eigenvalue weighted by atomic mass is 10.2. The van der Waals surface area contributed by atoms with E-state index in [0.717, 1.165) is 17.1 Å². The van der Waals surface area contributed by atoms with Crippen molar-refractivity contribution in [2.24, 2.45) is 5.10 Å². The van der Waals surface area contributed by atoms with Crippen LogP contribution in [-0.4, -0.2) is 15.8 Å². The summed E-state index contributed by atoms with van der Waals surface area (Å²) in [6.45, 7) is 3.92. The van der Waals surface area contributed by atoms with Crippen molar-refractivity contribution in [1.82, 2.24) is 10.4 Å². The Balaban J connectivity index is 1.93. The van der Waals surface area contributed by atoms with E-state index < -0.39 is 0 Å². The molecule has 0 saturated carbocycles. The fraction of sp³-hybridized carbons (Fsp3) is 0.133. The summed E-state index contributed by atoms with van der Waals surface area (Å²) in [5.74, 6) is 0. The van der Waals surface area contributed by atoms with Crippen LogP contribution in [0.5, 0.6) is 0 Å². The van der Waals surface area contributed by atoms with E-state index in [2.05, 4.69) is 20.8 Å². The third-order valence-corrected chi connectivity index (χ3v) is 2.86. The Hall–Kier alpha value is -2.27. The maximum Gasteiger partial charge on any atom is 0.191 e. The van der Waals surface area contributed by atoms with Crippen molar-refractivity contribution in [3.63, 3.8) is 0 Å². The quantitative estimate of drug-likeness (QED) is 0.516. The SMILES string of the molecule is C/C(=N\NC(=S)Nc1ccc(C)cc1)c1ccccn1. The van der Waals surface area contributed by atoms with Crippen molar-refractivity contribution >= 4 is 28.7 Å². The number of aromatic nitrogens is 1. The van der Waals surface area contributed by atoms with E-state index in [1.165, 1.54) is 5.56 Å². The summed E-state index contributed by atoms with van der Waals surface area (Å²) in [6, 6.07) is 13.7. The molecule has 0 aliphatic heterocycles. The van der Waals surface area contributed by atoms with Gasteiger partial charge >= 0.3 is 0 Å². The van der Waals surface area contributed by atoms with Gasteiger partial charge in [0.1, 0.15) is 0 Å². The standard InChI is InChI=1S/C15H16N4S/c1-11-6-8-13(9-7-11)17-15(20)19-18-12(2)14-5-3-4-10-16-14/h3-10H,1-2H3,(H2,17,19,20)/b18-12+. The zero-order valence-electron chi connectivity index (χ0n) is 11.4. The summed E-state index contributed by atoms with van der Waals surface area (Å²) < 4.78 is 0. The summed E-state index contributed by atoms with van der Waals surface area (Å²) in [5.41, 5.74) is 6.54. The van der Waals surface area contributed by atoms with Gasteiger partial charge in [0.2, 0.25) is 0 Å². The predicted molar refractivity (Wildman–Crippen MR) is 87.0 cm³/mol. The molecule has 4 nitrogen and oxygen atoms in total. The molecule has 2 rings (SSSR count). The van der Waals surface area contributed by atoms with Gasteiger partial charge in [0.15, 0.2) is 5.11 Å². The van der Waals surface area contributed by atoms with Gasteiger partial charge in [-0.2, -0.15) is 5.10 Å². The van der Waals surface area contributed by atoms with Crippen LogP contribution in [0, 0.1) is 6.92 Å². The number of thiocarbonyl (C=S) groups is 1. The Morgan fingerprint density at radius 3 is 2.55 bits per heavy atom. The summed E-state index contributed by atoms with van der Waals surface area (Å²) >= 11 is 5.19. The first kappa shape index (κ1) is 14.1. The second-order valence-corrected chi connectivity index (χ2v) is 4.75. The molecule has 0 atom stereocenters. The Morgan fingerprint density at radius 1 is 1.15 bits per heavy atom. The van der Waals surface area contributed by atoms with E-state index in [0.29, 0.717) is 5.11 Å². The van der Waals surface area contributed by atoms with Crippen molar-refractivity contribution in [2.45, 2.75) is 13.8 Å². The van der Waals surface area contributed by atoms with Gasteiger partial charge < -0.3 is 5.32 Å². The number of hydrogen-bond acceptors (Lipinski definition) is 3. The van der Waals surface area contributed by atoms with Crippen molar-refractivity contribution in [3.05, 3.63) is 59.9 Å². The number of nitrogens with one attached hydrogen (secondary N) is 2. The number of hydrogen-bond donors (Lipinski definition) is 2. The van der Waals surface area contributed by atoms with Crippen LogP contribution in [0.2, 0.25) is 0 Å². The topological polar surface area (TPSA) is 49.3 Å². The molecule has 0 aliphatic rings. The summed E-state index contributed by atoms with van der Waals surface area (Å²) in [4.78, 5) is 4.22. The van der Waals surface area contributed by atoms with Gasteiger partial charge in [-0.1, -0.05) is 23.8 Å². The average Bonchev–Trinajstić information content (AvgIpc) is 2.48. The van der Waals surface area contributed by atoms with E-state index in [1.807, 2.05) is 56.3 Å². The maximum absolute atomic E-state index is 5.19. The fourth-order valence-corrected chi connectivity index (χ4v) is 1.73. The molecule has 1 aromatic heterocycles. The van der Waals surface area contributed by atoms with Crippen LogP contribution in [0.1, 0.15) is 18.2 Å². The molecule has 2 N–H and O–H groups in total. The Morgan fingerprint density at radius 2 is 1.90 bits per heavy atom. The van der Waals surface area contributed by atoms with Crippen LogP contribution in [0.3, 0.4) is 0 Å². The lowest BCUT2D eigenvalue weighted by molar-refractivity contribution is 1.03. The molecule has 102 valence electrons. The highest BCUT2D eigenvalue weighted by Crippen LogP contribution is 2.08. The van der Waals surface area contributed by atoms with Crippen LogP contribution < -0.4 is 10.7 Å². The molecule has 0 saturated heterocycles. The normalized spacial score (nSPS) is 11.0. The molecule has 1 heterocycles. The van der Waals surface area contributed by atoms with Gasteiger partial charge in [0.05, 0.1) is 11.4 Å². The number of rotatable bonds is 3. The highest BCUT2D eigenvalue weighted by atomic mass is 32.1. The van der Waals surface area contributed by atoms with Crippen molar-refractivity contribution in [2.75, 3.05) is 5.32 Å². The van der Waals surface area contributed by atoms with E-state index in [-0.39, 0.29) is 0 Å². The fourth-order valence-electron chi connectivity index (χ4n) is 1.56. The summed E-state index contributed by atoms with van der Waals surface area (Å²) in [6.07, 6.45) is 1.73. The number of aryl methyl sites for hydroxylation is 1.